The molecule has 5 nitrogen and oxygen atoms in total. The van der Waals surface area contributed by atoms with E-state index in [9.17, 15) is 22.0 Å². The van der Waals surface area contributed by atoms with Crippen LogP contribution in [0.25, 0.3) is 22.4 Å². The molecule has 1 aliphatic heterocycles. The minimum absolute atomic E-state index is 0.0262. The van der Waals surface area contributed by atoms with Crippen LogP contribution in [-0.2, 0) is 12.6 Å². The van der Waals surface area contributed by atoms with Crippen molar-refractivity contribution in [1.82, 2.24) is 10.1 Å². The summed E-state index contributed by atoms with van der Waals surface area (Å²) in [5, 5.41) is 3.81. The maximum Gasteiger partial charge on any atom is 0.417 e. The van der Waals surface area contributed by atoms with Gasteiger partial charge in [0.15, 0.2) is 17.5 Å². The van der Waals surface area contributed by atoms with E-state index >= 15 is 0 Å². The average Bonchev–Trinajstić information content (AvgIpc) is 3.57. The summed E-state index contributed by atoms with van der Waals surface area (Å²) < 4.78 is 74.1. The zero-order valence-corrected chi connectivity index (χ0v) is 17.3. The van der Waals surface area contributed by atoms with Gasteiger partial charge in [-0.1, -0.05) is 23.4 Å². The number of H-pyrrole nitrogens is 1. The van der Waals surface area contributed by atoms with Gasteiger partial charge in [-0.25, -0.2) is 13.8 Å². The van der Waals surface area contributed by atoms with Gasteiger partial charge in [0.2, 0.25) is 0 Å². The number of hydrogen-bond acceptors (Lipinski definition) is 4. The van der Waals surface area contributed by atoms with Gasteiger partial charge in [0.1, 0.15) is 11.5 Å². The average molecular weight is 470 g/mol. The number of aromatic nitrogens is 2. The first-order valence-corrected chi connectivity index (χ1v) is 10.2. The molecule has 1 atom stereocenters. The molecular formula is C24H15F5N4O. The number of amidine groups is 1. The Morgan fingerprint density at radius 2 is 1.82 bits per heavy atom. The van der Waals surface area contributed by atoms with E-state index in [1.165, 1.54) is 30.5 Å². The number of halogens is 5. The van der Waals surface area contributed by atoms with E-state index in [1.807, 2.05) is 0 Å². The van der Waals surface area contributed by atoms with Crippen molar-refractivity contribution in [2.24, 2.45) is 9.98 Å². The van der Waals surface area contributed by atoms with E-state index < -0.39 is 29.4 Å². The Morgan fingerprint density at radius 1 is 0.971 bits per heavy atom. The molecular weight excluding hydrogens is 455 g/mol. The molecule has 0 spiro atoms. The van der Waals surface area contributed by atoms with Crippen LogP contribution in [0, 0.1) is 11.6 Å². The normalized spacial score (nSPS) is 15.7. The Hall–Kier alpha value is -4.08. The van der Waals surface area contributed by atoms with E-state index in [1.54, 1.807) is 24.5 Å². The molecule has 0 fully saturated rings. The quantitative estimate of drug-likeness (QED) is 0.360. The van der Waals surface area contributed by atoms with E-state index in [0.717, 1.165) is 12.1 Å². The Kier molecular flexibility index (Phi) is 5.35. The van der Waals surface area contributed by atoms with Gasteiger partial charge in [-0.05, 0) is 35.4 Å². The van der Waals surface area contributed by atoms with Crippen molar-refractivity contribution in [3.63, 3.8) is 0 Å². The van der Waals surface area contributed by atoms with Crippen molar-refractivity contribution in [1.29, 1.82) is 0 Å². The predicted octanol–water partition coefficient (Wildman–Crippen LogP) is 6.08. The number of nitrogens with one attached hydrogen (secondary N) is 1. The van der Waals surface area contributed by atoms with Crippen LogP contribution in [0.1, 0.15) is 16.9 Å². The second-order valence-electron chi connectivity index (χ2n) is 7.64. The van der Waals surface area contributed by atoms with Crippen LogP contribution in [-0.4, -0.2) is 28.2 Å². The summed E-state index contributed by atoms with van der Waals surface area (Å²) in [4.78, 5) is 11.1. The fraction of sp³-hybridized carbons (Fsp3) is 0.125. The van der Waals surface area contributed by atoms with E-state index in [4.69, 9.17) is 4.52 Å². The summed E-state index contributed by atoms with van der Waals surface area (Å²) in [5.41, 5.74) is 0.0346. The van der Waals surface area contributed by atoms with Gasteiger partial charge < -0.3 is 9.51 Å². The summed E-state index contributed by atoms with van der Waals surface area (Å²) in [5.74, 6) is -1.76. The molecule has 0 amide bonds. The smallest absolute Gasteiger partial charge is 0.367 e. The van der Waals surface area contributed by atoms with Crippen molar-refractivity contribution in [3.8, 4) is 22.4 Å². The van der Waals surface area contributed by atoms with Gasteiger partial charge in [-0.15, -0.1) is 0 Å². The van der Waals surface area contributed by atoms with E-state index in [2.05, 4.69) is 20.1 Å². The molecule has 0 bridgehead atoms. The van der Waals surface area contributed by atoms with Crippen molar-refractivity contribution < 1.29 is 26.5 Å². The lowest BCUT2D eigenvalue weighted by atomic mass is 9.98. The fourth-order valence-electron chi connectivity index (χ4n) is 3.72. The predicted molar refractivity (Wildman–Crippen MR) is 116 cm³/mol. The Labute approximate surface area is 189 Å². The summed E-state index contributed by atoms with van der Waals surface area (Å²) in [6.45, 7) is 0. The first-order valence-electron chi connectivity index (χ1n) is 10.2. The minimum Gasteiger partial charge on any atom is -0.367 e. The molecule has 10 heteroatoms. The number of benzene rings is 2. The van der Waals surface area contributed by atoms with Crippen LogP contribution in [0.4, 0.5) is 22.0 Å². The number of aliphatic imine (C=N–C) groups is 2. The molecule has 4 aromatic rings. The van der Waals surface area contributed by atoms with Crippen LogP contribution in [0.3, 0.4) is 0 Å². The van der Waals surface area contributed by atoms with Gasteiger partial charge in [-0.3, -0.25) is 4.99 Å². The second kappa shape index (κ2) is 8.36. The number of aromatic amines is 1. The van der Waals surface area contributed by atoms with Gasteiger partial charge >= 0.3 is 6.18 Å². The van der Waals surface area contributed by atoms with Crippen LogP contribution in [0.5, 0.6) is 0 Å². The molecule has 1 unspecified atom stereocenters. The molecule has 2 aromatic heterocycles. The highest BCUT2D eigenvalue weighted by Crippen LogP contribution is 2.39. The van der Waals surface area contributed by atoms with Crippen LogP contribution >= 0.6 is 0 Å². The molecule has 34 heavy (non-hydrogen) atoms. The van der Waals surface area contributed by atoms with Crippen molar-refractivity contribution >= 4 is 12.1 Å². The van der Waals surface area contributed by atoms with Crippen LogP contribution < -0.4 is 0 Å². The summed E-state index contributed by atoms with van der Waals surface area (Å²) >= 11 is 0. The standard InChI is InChI=1S/C24H15F5N4O/c25-20-3-1-2-18(22(20)26)23-31-12-15(32-23)9-16-10-21(33-34-16)17-5-4-13(14-6-7-30-11-14)8-19(17)24(27,28)29/h1-8,10-12,15,30H,9H2. The molecule has 1 aliphatic rings. The van der Waals surface area contributed by atoms with Gasteiger partial charge in [0.05, 0.1) is 17.2 Å². The summed E-state index contributed by atoms with van der Waals surface area (Å²) in [6.07, 6.45) is 0.210. The topological polar surface area (TPSA) is 66.5 Å². The van der Waals surface area contributed by atoms with E-state index in [-0.39, 0.29) is 34.8 Å². The molecule has 172 valence electrons. The molecule has 1 N–H and O–H groups in total. The molecule has 5 rings (SSSR count). The third-order valence-corrected chi connectivity index (χ3v) is 5.35. The molecule has 0 saturated carbocycles. The first-order chi connectivity index (χ1) is 16.3. The van der Waals surface area contributed by atoms with Crippen LogP contribution in [0.2, 0.25) is 0 Å². The highest BCUT2D eigenvalue weighted by Gasteiger charge is 2.35. The minimum atomic E-state index is -4.60. The van der Waals surface area contributed by atoms with Crippen molar-refractivity contribution in [2.45, 2.75) is 18.6 Å². The SMILES string of the molecule is Fc1cccc(C2=NC(Cc3cc(-c4ccc(-c5cc[nH]c5)cc4C(F)(F)F)no3)C=N2)c1F. The maximum absolute atomic E-state index is 14.0. The number of nitrogens with zero attached hydrogens (tertiary/aromatic N) is 3. The monoisotopic (exact) mass is 470 g/mol. The lowest BCUT2D eigenvalue weighted by Crippen LogP contribution is -2.08. The number of rotatable bonds is 5. The number of hydrogen-bond donors (Lipinski definition) is 1. The second-order valence-corrected chi connectivity index (χ2v) is 7.64. The molecule has 0 saturated heterocycles. The zero-order valence-electron chi connectivity index (χ0n) is 17.3. The lowest BCUT2D eigenvalue weighted by molar-refractivity contribution is -0.137. The number of alkyl halides is 3. The third-order valence-electron chi connectivity index (χ3n) is 5.35. The Morgan fingerprint density at radius 3 is 2.59 bits per heavy atom. The van der Waals surface area contributed by atoms with Gasteiger partial charge in [-0.2, -0.15) is 13.2 Å². The van der Waals surface area contributed by atoms with E-state index in [0.29, 0.717) is 11.1 Å². The molecule has 3 heterocycles. The van der Waals surface area contributed by atoms with Crippen molar-refractivity contribution in [2.75, 3.05) is 0 Å². The Bertz CT molecular complexity index is 1400. The molecule has 0 radical (unpaired) electrons. The highest BCUT2D eigenvalue weighted by atomic mass is 19.4. The largest absolute Gasteiger partial charge is 0.417 e. The maximum atomic E-state index is 14.0. The summed E-state index contributed by atoms with van der Waals surface area (Å²) in [6, 6.07) is 10.2. The zero-order chi connectivity index (χ0) is 23.9. The summed E-state index contributed by atoms with van der Waals surface area (Å²) in [7, 11) is 0. The molecule has 2 aromatic carbocycles. The van der Waals surface area contributed by atoms with Crippen molar-refractivity contribution in [3.05, 3.63) is 89.4 Å². The van der Waals surface area contributed by atoms with Crippen LogP contribution in [0.15, 0.2) is 75.4 Å². The fourth-order valence-corrected chi connectivity index (χ4v) is 3.72. The third kappa shape index (κ3) is 4.14. The van der Waals surface area contributed by atoms with Gasteiger partial charge in [0, 0.05) is 36.7 Å². The lowest BCUT2D eigenvalue weighted by Gasteiger charge is -2.12. The molecule has 0 aliphatic carbocycles. The first kappa shape index (κ1) is 21.7. The highest BCUT2D eigenvalue weighted by molar-refractivity contribution is 6.07. The Balaban J connectivity index is 1.40. The van der Waals surface area contributed by atoms with Gasteiger partial charge in [0.25, 0.3) is 0 Å².